The van der Waals surface area contributed by atoms with Crippen molar-refractivity contribution in [1.29, 1.82) is 0 Å². The molecule has 340 valence electrons. The van der Waals surface area contributed by atoms with Crippen LogP contribution in [0.3, 0.4) is 0 Å². The number of unbranched alkanes of at least 4 members (excludes halogenated alkanes) is 16. The van der Waals surface area contributed by atoms with Crippen LogP contribution in [0.2, 0.25) is 0 Å². The Hall–Kier alpha value is -2.37. The number of rotatable bonds is 39. The normalized spacial score (nSPS) is 20.8. The molecular weight excluding hydrogens is 745 g/mol. The molecule has 9 nitrogen and oxygen atoms in total. The minimum atomic E-state index is -1.54. The molecule has 0 radical (unpaired) electrons. The lowest BCUT2D eigenvalue weighted by Gasteiger charge is -2.39. The standard InChI is InChI=1S/C50H86O9/c1-3-5-7-9-11-13-15-17-18-19-20-21-22-23-24-25-26-27-28-30-32-34-36-38-40-56-42-44(43-57-50-49(55)48(54)47(53)45(41-51)59-50)58-46(52)39-37-35-33-31-29-16-14-12-10-8-6-4-2/h5,7,11,13,17-18,20-21,23-24,26-27,44-45,47-51,53-55H,3-4,6,8-10,12,14-16,19,22,25,28-43H2,1-2H3/b7-5-,13-11-,18-17-,21-20-,24-23-,27-26-. The van der Waals surface area contributed by atoms with E-state index < -0.39 is 43.4 Å². The monoisotopic (exact) mass is 831 g/mol. The predicted molar refractivity (Wildman–Crippen MR) is 242 cm³/mol. The van der Waals surface area contributed by atoms with E-state index in [0.29, 0.717) is 13.0 Å². The molecule has 59 heavy (non-hydrogen) atoms. The highest BCUT2D eigenvalue weighted by atomic mass is 16.7. The van der Waals surface area contributed by atoms with Crippen molar-refractivity contribution in [3.8, 4) is 0 Å². The zero-order valence-electron chi connectivity index (χ0n) is 37.2. The number of hydrogen-bond acceptors (Lipinski definition) is 9. The van der Waals surface area contributed by atoms with Crippen molar-refractivity contribution in [2.24, 2.45) is 0 Å². The molecule has 0 amide bonds. The molecule has 0 spiro atoms. The van der Waals surface area contributed by atoms with Crippen LogP contribution in [-0.2, 0) is 23.7 Å². The summed E-state index contributed by atoms with van der Waals surface area (Å²) in [7, 11) is 0. The van der Waals surface area contributed by atoms with Gasteiger partial charge in [-0.15, -0.1) is 0 Å². The SMILES string of the molecule is CC/C=C\C/C=C\C/C=C\C/C=C\C/C=C\C/C=C\CCCCCCCOCC(COC1OC(CO)C(O)C(O)C1O)OC(=O)CCCCCCCCCCCCCC. The highest BCUT2D eigenvalue weighted by Crippen LogP contribution is 2.22. The minimum absolute atomic E-state index is 0.124. The number of esters is 1. The molecule has 1 aliphatic rings. The molecule has 1 rings (SSSR count). The summed E-state index contributed by atoms with van der Waals surface area (Å²) in [6.07, 6.45) is 46.4. The van der Waals surface area contributed by atoms with Crippen LogP contribution < -0.4 is 0 Å². The van der Waals surface area contributed by atoms with E-state index in [-0.39, 0.29) is 19.2 Å². The molecular formula is C50H86O9. The molecule has 1 aliphatic heterocycles. The van der Waals surface area contributed by atoms with Gasteiger partial charge in [-0.1, -0.05) is 177 Å². The lowest BCUT2D eigenvalue weighted by atomic mass is 9.99. The highest BCUT2D eigenvalue weighted by Gasteiger charge is 2.44. The third kappa shape index (κ3) is 32.1. The van der Waals surface area contributed by atoms with E-state index in [0.717, 1.165) is 96.3 Å². The zero-order valence-corrected chi connectivity index (χ0v) is 37.2. The lowest BCUT2D eigenvalue weighted by molar-refractivity contribution is -0.305. The third-order valence-corrected chi connectivity index (χ3v) is 10.4. The van der Waals surface area contributed by atoms with Crippen LogP contribution in [-0.4, -0.2) is 89.6 Å². The van der Waals surface area contributed by atoms with Gasteiger partial charge in [0.1, 0.15) is 30.5 Å². The summed E-state index contributed by atoms with van der Waals surface area (Å²) >= 11 is 0. The second-order valence-electron chi connectivity index (χ2n) is 15.8. The van der Waals surface area contributed by atoms with Crippen molar-refractivity contribution in [1.82, 2.24) is 0 Å². The molecule has 9 heteroatoms. The number of hydrogen-bond donors (Lipinski definition) is 4. The van der Waals surface area contributed by atoms with Gasteiger partial charge in [-0.3, -0.25) is 4.79 Å². The Morgan fingerprint density at radius 2 is 1.03 bits per heavy atom. The smallest absolute Gasteiger partial charge is 0.306 e. The fourth-order valence-corrected chi connectivity index (χ4v) is 6.73. The number of carbonyl (C=O) groups excluding carboxylic acids is 1. The zero-order chi connectivity index (χ0) is 42.9. The fraction of sp³-hybridized carbons (Fsp3) is 0.740. The Balaban J connectivity index is 2.24. The average molecular weight is 831 g/mol. The van der Waals surface area contributed by atoms with Gasteiger partial charge in [0, 0.05) is 13.0 Å². The van der Waals surface area contributed by atoms with Crippen LogP contribution >= 0.6 is 0 Å². The summed E-state index contributed by atoms with van der Waals surface area (Å²) in [4.78, 5) is 12.8. The molecule has 0 aliphatic carbocycles. The molecule has 6 atom stereocenters. The molecule has 4 N–H and O–H groups in total. The minimum Gasteiger partial charge on any atom is -0.457 e. The number of aliphatic hydroxyl groups is 4. The first kappa shape index (κ1) is 54.6. The summed E-state index contributed by atoms with van der Waals surface area (Å²) in [6, 6.07) is 0. The summed E-state index contributed by atoms with van der Waals surface area (Å²) in [5, 5.41) is 40.1. The van der Waals surface area contributed by atoms with Gasteiger partial charge in [-0.05, 0) is 64.2 Å². The first-order valence-electron chi connectivity index (χ1n) is 23.5. The maximum absolute atomic E-state index is 12.8. The molecule has 0 aromatic carbocycles. The van der Waals surface area contributed by atoms with Gasteiger partial charge >= 0.3 is 5.97 Å². The molecule has 0 bridgehead atoms. The molecule has 6 unspecified atom stereocenters. The van der Waals surface area contributed by atoms with Gasteiger partial charge in [0.25, 0.3) is 0 Å². The van der Waals surface area contributed by atoms with E-state index in [2.05, 4.69) is 86.8 Å². The van der Waals surface area contributed by atoms with Gasteiger partial charge in [0.2, 0.25) is 0 Å². The van der Waals surface area contributed by atoms with Crippen LogP contribution in [0.25, 0.3) is 0 Å². The van der Waals surface area contributed by atoms with Crippen molar-refractivity contribution in [3.63, 3.8) is 0 Å². The van der Waals surface area contributed by atoms with Crippen LogP contribution in [0.1, 0.15) is 174 Å². The summed E-state index contributed by atoms with van der Waals surface area (Å²) < 4.78 is 22.8. The second-order valence-corrected chi connectivity index (χ2v) is 15.8. The molecule has 0 aromatic heterocycles. The summed E-state index contributed by atoms with van der Waals surface area (Å²) in [5.74, 6) is -0.324. The van der Waals surface area contributed by atoms with Crippen LogP contribution in [0.5, 0.6) is 0 Å². The first-order chi connectivity index (χ1) is 28.9. The van der Waals surface area contributed by atoms with Crippen molar-refractivity contribution in [2.75, 3.05) is 26.4 Å². The van der Waals surface area contributed by atoms with Gasteiger partial charge < -0.3 is 39.4 Å². The number of allylic oxidation sites excluding steroid dienone is 12. The van der Waals surface area contributed by atoms with Crippen molar-refractivity contribution in [3.05, 3.63) is 72.9 Å². The van der Waals surface area contributed by atoms with Gasteiger partial charge in [0.05, 0.1) is 19.8 Å². The van der Waals surface area contributed by atoms with E-state index >= 15 is 0 Å². The first-order valence-corrected chi connectivity index (χ1v) is 23.5. The lowest BCUT2D eigenvalue weighted by Crippen LogP contribution is -2.59. The van der Waals surface area contributed by atoms with E-state index in [9.17, 15) is 25.2 Å². The summed E-state index contributed by atoms with van der Waals surface area (Å²) in [5.41, 5.74) is 0. The Kier molecular flexibility index (Phi) is 38.0. The van der Waals surface area contributed by atoms with Crippen molar-refractivity contribution >= 4 is 5.97 Å². The molecule has 0 saturated carbocycles. The molecule has 1 saturated heterocycles. The summed E-state index contributed by atoms with van der Waals surface area (Å²) in [6.45, 7) is 4.38. The number of carbonyl (C=O) groups is 1. The molecule has 1 fully saturated rings. The number of ether oxygens (including phenoxy) is 4. The maximum Gasteiger partial charge on any atom is 0.306 e. The van der Waals surface area contributed by atoms with Crippen molar-refractivity contribution in [2.45, 2.75) is 211 Å². The van der Waals surface area contributed by atoms with Crippen LogP contribution in [0, 0.1) is 0 Å². The van der Waals surface area contributed by atoms with Gasteiger partial charge in [-0.2, -0.15) is 0 Å². The largest absolute Gasteiger partial charge is 0.457 e. The van der Waals surface area contributed by atoms with Gasteiger partial charge in [0.15, 0.2) is 6.29 Å². The van der Waals surface area contributed by atoms with Crippen LogP contribution in [0.4, 0.5) is 0 Å². The molecule has 0 aromatic rings. The molecule has 1 heterocycles. The number of aliphatic hydroxyl groups excluding tert-OH is 4. The van der Waals surface area contributed by atoms with E-state index in [4.69, 9.17) is 18.9 Å². The predicted octanol–water partition coefficient (Wildman–Crippen LogP) is 10.9. The van der Waals surface area contributed by atoms with E-state index in [1.165, 1.54) is 57.8 Å². The maximum atomic E-state index is 12.8. The Morgan fingerprint density at radius 1 is 0.559 bits per heavy atom. The Morgan fingerprint density at radius 3 is 1.56 bits per heavy atom. The topological polar surface area (TPSA) is 135 Å². The Bertz CT molecular complexity index is 1130. The quantitative estimate of drug-likeness (QED) is 0.0271. The second kappa shape index (κ2) is 41.0. The average Bonchev–Trinajstić information content (AvgIpc) is 3.24. The van der Waals surface area contributed by atoms with E-state index in [1.54, 1.807) is 0 Å². The van der Waals surface area contributed by atoms with E-state index in [1.807, 2.05) is 0 Å². The third-order valence-electron chi connectivity index (χ3n) is 10.4. The van der Waals surface area contributed by atoms with Crippen molar-refractivity contribution < 1.29 is 44.2 Å². The fourth-order valence-electron chi connectivity index (χ4n) is 6.73. The Labute approximate surface area is 359 Å². The highest BCUT2D eigenvalue weighted by molar-refractivity contribution is 5.69. The van der Waals surface area contributed by atoms with Gasteiger partial charge in [-0.25, -0.2) is 0 Å². The van der Waals surface area contributed by atoms with Crippen LogP contribution in [0.15, 0.2) is 72.9 Å².